The van der Waals surface area contributed by atoms with Crippen LogP contribution in [0.25, 0.3) is 0 Å². The summed E-state index contributed by atoms with van der Waals surface area (Å²) in [5.74, 6) is 0. The van der Waals surface area contributed by atoms with Crippen molar-refractivity contribution in [3.63, 3.8) is 0 Å². The van der Waals surface area contributed by atoms with Gasteiger partial charge in [0.25, 0.3) is 0 Å². The number of nitrogens with one attached hydrogen (secondary N) is 1. The van der Waals surface area contributed by atoms with Crippen LogP contribution in [0.4, 0.5) is 4.79 Å². The summed E-state index contributed by atoms with van der Waals surface area (Å²) < 4.78 is 4.94. The average Bonchev–Trinajstić information content (AvgIpc) is 2.42. The Kier molecular flexibility index (Phi) is 15.5. The van der Waals surface area contributed by atoms with Crippen LogP contribution < -0.4 is 11.1 Å². The van der Waals surface area contributed by atoms with E-state index in [1.807, 2.05) is 34.7 Å². The lowest BCUT2D eigenvalue weighted by Gasteiger charge is -2.31. The van der Waals surface area contributed by atoms with Crippen LogP contribution in [-0.4, -0.2) is 50.3 Å². The Balaban J connectivity index is -0.000000467. The summed E-state index contributed by atoms with van der Waals surface area (Å²) in [4.78, 5) is 12.9. The molecule has 5 heteroatoms. The van der Waals surface area contributed by atoms with Crippen molar-refractivity contribution in [3.8, 4) is 0 Å². The van der Waals surface area contributed by atoms with Crippen molar-refractivity contribution in [2.45, 2.75) is 46.6 Å². The van der Waals surface area contributed by atoms with Crippen LogP contribution in [0.5, 0.6) is 0 Å². The zero-order valence-electron chi connectivity index (χ0n) is 12.7. The molecule has 1 saturated heterocycles. The maximum absolute atomic E-state index is 10.5. The summed E-state index contributed by atoms with van der Waals surface area (Å²) in [7, 11) is 1.95. The van der Waals surface area contributed by atoms with Gasteiger partial charge in [0.2, 0.25) is 0 Å². The number of hydrogen-bond acceptors (Lipinski definition) is 4. The predicted octanol–water partition coefficient (Wildman–Crippen LogP) is 2.06. The lowest BCUT2D eigenvalue weighted by atomic mass is 10.1. The van der Waals surface area contributed by atoms with Gasteiger partial charge in [-0.25, -0.2) is 4.79 Å². The molecule has 112 valence electrons. The monoisotopic (exact) mass is 263 g/mol. The van der Waals surface area contributed by atoms with E-state index in [1.165, 1.54) is 0 Å². The van der Waals surface area contributed by atoms with Gasteiger partial charge in [-0.05, 0) is 19.9 Å². The maximum Gasteiger partial charge on any atom is 0.404 e. The van der Waals surface area contributed by atoms with E-state index in [4.69, 9.17) is 10.5 Å². The van der Waals surface area contributed by atoms with Gasteiger partial charge in [0, 0.05) is 27.6 Å². The Morgan fingerprint density at radius 2 is 1.83 bits per heavy atom. The van der Waals surface area contributed by atoms with Crippen LogP contribution in [0.1, 0.15) is 42.0 Å². The molecule has 18 heavy (non-hydrogen) atoms. The highest BCUT2D eigenvalue weighted by Crippen LogP contribution is 2.12. The van der Waals surface area contributed by atoms with Gasteiger partial charge in [0.1, 0.15) is 6.10 Å². The number of likely N-dealkylation sites (tertiary alicyclic amines) is 1. The molecule has 5 nitrogen and oxygen atoms in total. The number of ether oxygens (including phenoxy) is 1. The van der Waals surface area contributed by atoms with Crippen molar-refractivity contribution in [1.82, 2.24) is 10.2 Å². The summed E-state index contributed by atoms with van der Waals surface area (Å²) in [6, 6.07) is 0. The topological polar surface area (TPSA) is 67.6 Å². The van der Waals surface area contributed by atoms with E-state index in [2.05, 4.69) is 10.2 Å². The van der Waals surface area contributed by atoms with E-state index in [0.717, 1.165) is 39.0 Å². The molecule has 0 bridgehead atoms. The number of hydrogen-bond donors (Lipinski definition) is 2. The van der Waals surface area contributed by atoms with Gasteiger partial charge in [0.15, 0.2) is 0 Å². The number of rotatable bonds is 4. The average molecular weight is 263 g/mol. The highest BCUT2D eigenvalue weighted by Gasteiger charge is 2.20. The zero-order chi connectivity index (χ0) is 14.4. The number of amides is 1. The number of piperidine rings is 1. The molecule has 0 radical (unpaired) electrons. The van der Waals surface area contributed by atoms with Gasteiger partial charge in [-0.2, -0.15) is 0 Å². The Morgan fingerprint density at radius 3 is 2.22 bits per heavy atom. The molecule has 0 unspecified atom stereocenters. The normalized spacial score (nSPS) is 15.8. The van der Waals surface area contributed by atoms with Gasteiger partial charge in [-0.3, -0.25) is 0 Å². The quantitative estimate of drug-likeness (QED) is 0.815. The summed E-state index contributed by atoms with van der Waals surface area (Å²) in [5, 5.41) is 3.11. The highest BCUT2D eigenvalue weighted by molar-refractivity contribution is 5.64. The first-order chi connectivity index (χ1) is 8.72. The van der Waals surface area contributed by atoms with Crippen molar-refractivity contribution in [2.24, 2.45) is 5.73 Å². The minimum Gasteiger partial charge on any atom is -0.446 e. The molecule has 3 N–H and O–H groups in total. The first-order valence-electron chi connectivity index (χ1n) is 7.05. The molecular weight excluding hydrogens is 230 g/mol. The van der Waals surface area contributed by atoms with Crippen LogP contribution in [0.2, 0.25) is 0 Å². The van der Waals surface area contributed by atoms with E-state index < -0.39 is 6.09 Å². The maximum atomic E-state index is 10.5. The molecule has 0 spiro atoms. The van der Waals surface area contributed by atoms with Crippen molar-refractivity contribution in [3.05, 3.63) is 0 Å². The van der Waals surface area contributed by atoms with Crippen LogP contribution in [0, 0.1) is 0 Å². The van der Waals surface area contributed by atoms with Gasteiger partial charge >= 0.3 is 6.09 Å². The Hall–Kier alpha value is -0.810. The summed E-state index contributed by atoms with van der Waals surface area (Å²) in [5.41, 5.74) is 4.95. The molecule has 1 amide bonds. The van der Waals surface area contributed by atoms with Crippen molar-refractivity contribution >= 4 is 6.09 Å². The smallest absolute Gasteiger partial charge is 0.404 e. The zero-order valence-corrected chi connectivity index (χ0v) is 12.7. The second-order valence-electron chi connectivity index (χ2n) is 3.58. The Morgan fingerprint density at radius 1 is 1.33 bits per heavy atom. The van der Waals surface area contributed by atoms with Crippen LogP contribution >= 0.6 is 0 Å². The molecule has 1 aliphatic rings. The number of likely N-dealkylation sites (N-methyl/N-ethyl adjacent to an activating group) is 1. The van der Waals surface area contributed by atoms with Gasteiger partial charge < -0.3 is 20.7 Å². The van der Waals surface area contributed by atoms with Gasteiger partial charge in [-0.15, -0.1) is 0 Å². The number of primary amides is 1. The molecule has 0 aromatic carbocycles. The molecule has 1 aliphatic heterocycles. The lowest BCUT2D eigenvalue weighted by molar-refractivity contribution is 0.0567. The highest BCUT2D eigenvalue weighted by atomic mass is 16.6. The SMILES string of the molecule is CC.CC.CNCCN1CCC(OC(N)=O)CC1.[HH]. The summed E-state index contributed by atoms with van der Waals surface area (Å²) in [6.07, 6.45) is 1.16. The molecular formula is C13H33N3O2. The number of nitrogens with zero attached hydrogens (tertiary/aromatic N) is 1. The van der Waals surface area contributed by atoms with Crippen molar-refractivity contribution in [2.75, 3.05) is 33.2 Å². The molecule has 1 rings (SSSR count). The van der Waals surface area contributed by atoms with E-state index in [-0.39, 0.29) is 7.53 Å². The summed E-state index contributed by atoms with van der Waals surface area (Å²) in [6.45, 7) is 12.0. The predicted molar refractivity (Wildman–Crippen MR) is 78.9 cm³/mol. The fourth-order valence-electron chi connectivity index (χ4n) is 1.68. The minimum absolute atomic E-state index is 0. The molecule has 1 fully saturated rings. The third kappa shape index (κ3) is 10.4. The van der Waals surface area contributed by atoms with Gasteiger partial charge in [0.05, 0.1) is 0 Å². The van der Waals surface area contributed by atoms with Crippen LogP contribution in [-0.2, 0) is 4.74 Å². The second kappa shape index (κ2) is 14.3. The molecule has 1 heterocycles. The molecule has 0 aromatic rings. The molecule has 0 aliphatic carbocycles. The minimum atomic E-state index is -0.654. The van der Waals surface area contributed by atoms with E-state index in [1.54, 1.807) is 0 Å². The van der Waals surface area contributed by atoms with Crippen LogP contribution in [0.3, 0.4) is 0 Å². The molecule has 0 atom stereocenters. The van der Waals surface area contributed by atoms with Crippen LogP contribution in [0.15, 0.2) is 0 Å². The number of nitrogens with two attached hydrogens (primary N) is 1. The number of carbonyl (C=O) groups excluding carboxylic acids is 1. The fourth-order valence-corrected chi connectivity index (χ4v) is 1.68. The first kappa shape index (κ1) is 19.5. The fraction of sp³-hybridized carbons (Fsp3) is 0.923. The Labute approximate surface area is 114 Å². The molecule has 0 saturated carbocycles. The Bertz CT molecular complexity index is 187. The van der Waals surface area contributed by atoms with Gasteiger partial charge in [-0.1, -0.05) is 27.7 Å². The van der Waals surface area contributed by atoms with E-state index >= 15 is 0 Å². The third-order valence-electron chi connectivity index (χ3n) is 2.50. The molecule has 0 aromatic heterocycles. The first-order valence-corrected chi connectivity index (χ1v) is 7.05. The number of carbonyl (C=O) groups is 1. The largest absolute Gasteiger partial charge is 0.446 e. The second-order valence-corrected chi connectivity index (χ2v) is 3.58. The lowest BCUT2D eigenvalue weighted by Crippen LogP contribution is -2.41. The van der Waals surface area contributed by atoms with E-state index in [0.29, 0.717) is 0 Å². The van der Waals surface area contributed by atoms with Crippen molar-refractivity contribution < 1.29 is 11.0 Å². The standard InChI is InChI=1S/C9H19N3O2.2C2H6.H2/c1-11-4-7-12-5-2-8(3-6-12)14-9(10)13;2*1-2;/h8,11H,2-7H2,1H3,(H2,10,13);2*1-2H3;1H. The van der Waals surface area contributed by atoms with E-state index in [9.17, 15) is 4.79 Å². The summed E-state index contributed by atoms with van der Waals surface area (Å²) >= 11 is 0. The third-order valence-corrected chi connectivity index (χ3v) is 2.50. The van der Waals surface area contributed by atoms with Crippen molar-refractivity contribution in [1.29, 1.82) is 0 Å².